The van der Waals surface area contributed by atoms with E-state index in [0.717, 1.165) is 5.56 Å². The zero-order valence-corrected chi connectivity index (χ0v) is 12.3. The summed E-state index contributed by atoms with van der Waals surface area (Å²) in [6, 6.07) is 3.19. The van der Waals surface area contributed by atoms with Crippen molar-refractivity contribution in [1.29, 1.82) is 0 Å². The highest BCUT2D eigenvalue weighted by atomic mass is 35.7. The molecule has 5 nitrogen and oxygen atoms in total. The molecular weight excluding hydrogens is 290 g/mol. The van der Waals surface area contributed by atoms with Crippen LogP contribution in [0.4, 0.5) is 5.69 Å². The second kappa shape index (κ2) is 4.68. The number of nitrogens with one attached hydrogen (secondary N) is 1. The SMILES string of the molecule is CC1Oc2c(cc(C(C)C)cc2S(=O)(=O)Cl)NC1=O. The number of hydrogen-bond donors (Lipinski definition) is 1. The van der Waals surface area contributed by atoms with Crippen molar-refractivity contribution in [3.63, 3.8) is 0 Å². The van der Waals surface area contributed by atoms with Gasteiger partial charge in [-0.25, -0.2) is 8.42 Å². The van der Waals surface area contributed by atoms with Crippen molar-refractivity contribution >= 4 is 31.3 Å². The van der Waals surface area contributed by atoms with Crippen LogP contribution in [-0.4, -0.2) is 20.4 Å². The second-order valence-electron chi connectivity index (χ2n) is 4.74. The van der Waals surface area contributed by atoms with Crippen LogP contribution in [0.25, 0.3) is 0 Å². The number of carbonyl (C=O) groups is 1. The number of hydrogen-bond acceptors (Lipinski definition) is 4. The third-order valence-electron chi connectivity index (χ3n) is 2.93. The zero-order valence-electron chi connectivity index (χ0n) is 10.7. The van der Waals surface area contributed by atoms with Gasteiger partial charge in [-0.15, -0.1) is 0 Å². The molecule has 0 aromatic heterocycles. The summed E-state index contributed by atoms with van der Waals surface area (Å²) in [5, 5.41) is 2.63. The summed E-state index contributed by atoms with van der Waals surface area (Å²) in [7, 11) is 1.49. The first kappa shape index (κ1) is 14.1. The normalized spacial score (nSPS) is 18.8. The van der Waals surface area contributed by atoms with Crippen molar-refractivity contribution < 1.29 is 17.9 Å². The van der Waals surface area contributed by atoms with E-state index in [4.69, 9.17) is 15.4 Å². The quantitative estimate of drug-likeness (QED) is 0.852. The molecule has 1 aliphatic rings. The Labute approximate surface area is 116 Å². The van der Waals surface area contributed by atoms with E-state index >= 15 is 0 Å². The summed E-state index contributed by atoms with van der Waals surface area (Å²) in [6.07, 6.45) is -0.755. The Bertz CT molecular complexity index is 639. The lowest BCUT2D eigenvalue weighted by Crippen LogP contribution is -2.35. The van der Waals surface area contributed by atoms with Gasteiger partial charge < -0.3 is 10.1 Å². The minimum Gasteiger partial charge on any atom is -0.477 e. The molecule has 0 spiro atoms. The fourth-order valence-electron chi connectivity index (χ4n) is 1.82. The molecule has 0 radical (unpaired) electrons. The molecule has 0 bridgehead atoms. The van der Waals surface area contributed by atoms with Crippen molar-refractivity contribution in [3.8, 4) is 5.75 Å². The van der Waals surface area contributed by atoms with Crippen LogP contribution in [0.15, 0.2) is 17.0 Å². The Balaban J connectivity index is 2.70. The number of amides is 1. The molecule has 19 heavy (non-hydrogen) atoms. The average Bonchev–Trinajstić information content (AvgIpc) is 2.27. The molecule has 0 saturated heterocycles. The van der Waals surface area contributed by atoms with Crippen LogP contribution in [0.5, 0.6) is 5.75 Å². The van der Waals surface area contributed by atoms with Crippen LogP contribution in [0.3, 0.4) is 0 Å². The summed E-state index contributed by atoms with van der Waals surface area (Å²) in [6.45, 7) is 5.38. The molecule has 0 saturated carbocycles. The molecule has 1 atom stereocenters. The van der Waals surface area contributed by atoms with Crippen molar-refractivity contribution in [2.75, 3.05) is 5.32 Å². The van der Waals surface area contributed by atoms with Gasteiger partial charge in [0.15, 0.2) is 11.9 Å². The Morgan fingerprint density at radius 3 is 2.53 bits per heavy atom. The van der Waals surface area contributed by atoms with Gasteiger partial charge in [0.2, 0.25) is 0 Å². The van der Waals surface area contributed by atoms with Gasteiger partial charge in [-0.1, -0.05) is 13.8 Å². The first-order valence-electron chi connectivity index (χ1n) is 5.80. The number of halogens is 1. The maximum absolute atomic E-state index is 11.6. The number of ether oxygens (including phenoxy) is 1. The van der Waals surface area contributed by atoms with Crippen LogP contribution < -0.4 is 10.1 Å². The largest absolute Gasteiger partial charge is 0.477 e. The molecule has 104 valence electrons. The van der Waals surface area contributed by atoms with Gasteiger partial charge >= 0.3 is 0 Å². The van der Waals surface area contributed by atoms with Crippen LogP contribution in [0.2, 0.25) is 0 Å². The van der Waals surface area contributed by atoms with Crippen LogP contribution in [0.1, 0.15) is 32.3 Å². The summed E-state index contributed by atoms with van der Waals surface area (Å²) >= 11 is 0. The van der Waals surface area contributed by atoms with Crippen LogP contribution in [0, 0.1) is 0 Å². The number of rotatable bonds is 2. The lowest BCUT2D eigenvalue weighted by atomic mass is 10.0. The lowest BCUT2D eigenvalue weighted by molar-refractivity contribution is -0.122. The topological polar surface area (TPSA) is 72.5 Å². The van der Waals surface area contributed by atoms with Crippen molar-refractivity contribution in [3.05, 3.63) is 17.7 Å². The maximum Gasteiger partial charge on any atom is 0.265 e. The summed E-state index contributed by atoms with van der Waals surface area (Å²) in [4.78, 5) is 11.5. The predicted molar refractivity (Wildman–Crippen MR) is 72.3 cm³/mol. The monoisotopic (exact) mass is 303 g/mol. The number of anilines is 1. The number of fused-ring (bicyclic) bond motifs is 1. The van der Waals surface area contributed by atoms with E-state index in [2.05, 4.69) is 5.32 Å². The highest BCUT2D eigenvalue weighted by molar-refractivity contribution is 8.13. The van der Waals surface area contributed by atoms with E-state index in [1.54, 1.807) is 13.0 Å². The van der Waals surface area contributed by atoms with Gasteiger partial charge in [-0.2, -0.15) is 0 Å². The average molecular weight is 304 g/mol. The molecule has 2 rings (SSSR count). The summed E-state index contributed by atoms with van der Waals surface area (Å²) in [5.41, 5.74) is 1.10. The predicted octanol–water partition coefficient (Wildman–Crippen LogP) is 2.46. The second-order valence-corrected chi connectivity index (χ2v) is 7.27. The molecule has 1 N–H and O–H groups in total. The molecule has 1 aromatic carbocycles. The van der Waals surface area contributed by atoms with Crippen molar-refractivity contribution in [1.82, 2.24) is 0 Å². The molecular formula is C12H14ClNO4S. The Hall–Kier alpha value is -1.27. The van der Waals surface area contributed by atoms with Gasteiger partial charge in [-0.3, -0.25) is 4.79 Å². The molecule has 1 aromatic rings. The molecule has 7 heteroatoms. The molecule has 1 heterocycles. The highest BCUT2D eigenvalue weighted by Gasteiger charge is 2.30. The maximum atomic E-state index is 11.6. The fraction of sp³-hybridized carbons (Fsp3) is 0.417. The molecule has 1 amide bonds. The summed E-state index contributed by atoms with van der Waals surface area (Å²) < 4.78 is 28.6. The lowest BCUT2D eigenvalue weighted by Gasteiger charge is -2.26. The Morgan fingerprint density at radius 1 is 1.37 bits per heavy atom. The molecule has 1 unspecified atom stereocenters. The van der Waals surface area contributed by atoms with E-state index in [1.807, 2.05) is 13.8 Å². The minimum atomic E-state index is -3.95. The summed E-state index contributed by atoms with van der Waals surface area (Å²) in [5.74, 6) is -0.114. The third-order valence-corrected chi connectivity index (χ3v) is 4.26. The smallest absolute Gasteiger partial charge is 0.265 e. The van der Waals surface area contributed by atoms with Gasteiger partial charge in [0.05, 0.1) is 5.69 Å². The van der Waals surface area contributed by atoms with E-state index in [0.29, 0.717) is 5.69 Å². The van der Waals surface area contributed by atoms with Crippen molar-refractivity contribution in [2.24, 2.45) is 0 Å². The Kier molecular flexibility index (Phi) is 3.49. The van der Waals surface area contributed by atoms with E-state index < -0.39 is 15.2 Å². The molecule has 0 fully saturated rings. The van der Waals surface area contributed by atoms with Gasteiger partial charge in [0.25, 0.3) is 15.0 Å². The number of benzene rings is 1. The van der Waals surface area contributed by atoms with Crippen LogP contribution >= 0.6 is 10.7 Å². The van der Waals surface area contributed by atoms with Crippen molar-refractivity contribution in [2.45, 2.75) is 37.7 Å². The minimum absolute atomic E-state index is 0.0960. The number of carbonyl (C=O) groups excluding carboxylic acids is 1. The van der Waals surface area contributed by atoms with E-state index in [-0.39, 0.29) is 22.5 Å². The fourth-order valence-corrected chi connectivity index (χ4v) is 2.82. The molecule has 0 aliphatic carbocycles. The van der Waals surface area contributed by atoms with Gasteiger partial charge in [-0.05, 0) is 30.5 Å². The van der Waals surface area contributed by atoms with Gasteiger partial charge in [0.1, 0.15) is 4.90 Å². The standard InChI is InChI=1S/C12H14ClNO4S/c1-6(2)8-4-9-11(10(5-8)19(13,16)17)18-7(3)12(15)14-9/h4-7H,1-3H3,(H,14,15). The first-order chi connectivity index (χ1) is 8.70. The highest BCUT2D eigenvalue weighted by Crippen LogP contribution is 2.40. The van der Waals surface area contributed by atoms with E-state index in [1.165, 1.54) is 6.07 Å². The van der Waals surface area contributed by atoms with E-state index in [9.17, 15) is 13.2 Å². The third kappa shape index (κ3) is 2.69. The van der Waals surface area contributed by atoms with Gasteiger partial charge in [0, 0.05) is 10.7 Å². The molecule has 1 aliphatic heterocycles. The van der Waals surface area contributed by atoms with Crippen LogP contribution in [-0.2, 0) is 13.8 Å². The first-order valence-corrected chi connectivity index (χ1v) is 8.11. The zero-order chi connectivity index (χ0) is 14.4. The Morgan fingerprint density at radius 2 is 2.00 bits per heavy atom.